The summed E-state index contributed by atoms with van der Waals surface area (Å²) in [5.74, 6) is 0.349. The van der Waals surface area contributed by atoms with E-state index in [9.17, 15) is 9.90 Å². The van der Waals surface area contributed by atoms with Gasteiger partial charge in [0.15, 0.2) is 0 Å². The Bertz CT molecular complexity index is 773. The number of amides is 1. The van der Waals surface area contributed by atoms with E-state index in [0.29, 0.717) is 31.7 Å². The van der Waals surface area contributed by atoms with E-state index in [1.807, 2.05) is 46.0 Å². The van der Waals surface area contributed by atoms with Crippen LogP contribution in [-0.4, -0.2) is 32.2 Å². The number of carbonyl (C=O) groups is 1. The Morgan fingerprint density at radius 2 is 1.96 bits per heavy atom. The van der Waals surface area contributed by atoms with Crippen LogP contribution in [0.15, 0.2) is 48.6 Å². The van der Waals surface area contributed by atoms with Gasteiger partial charge in [0.1, 0.15) is 6.10 Å². The van der Waals surface area contributed by atoms with Gasteiger partial charge in [-0.05, 0) is 24.5 Å². The molecule has 1 aromatic heterocycles. The standard InChI is InChI=1S/C20H23N3O2/c24-19(12-15-6-2-1-3-7-15)18-13-17-14-22(10-11-23(17)21-18)20(25)16-8-4-5-9-16/h1-7,13,16,19,24H,8-12,14H2. The van der Waals surface area contributed by atoms with Crippen molar-refractivity contribution in [1.29, 1.82) is 0 Å². The number of benzene rings is 1. The summed E-state index contributed by atoms with van der Waals surface area (Å²) in [5.41, 5.74) is 2.79. The summed E-state index contributed by atoms with van der Waals surface area (Å²) in [6, 6.07) is 11.9. The summed E-state index contributed by atoms with van der Waals surface area (Å²) in [6.45, 7) is 1.97. The van der Waals surface area contributed by atoms with Crippen molar-refractivity contribution in [2.45, 2.75) is 38.5 Å². The maximum absolute atomic E-state index is 12.6. The average Bonchev–Trinajstić information content (AvgIpc) is 3.31. The third-order valence-electron chi connectivity index (χ3n) is 5.10. The Morgan fingerprint density at radius 1 is 1.20 bits per heavy atom. The Hall–Kier alpha value is -2.40. The van der Waals surface area contributed by atoms with Gasteiger partial charge in [-0.1, -0.05) is 42.5 Å². The minimum absolute atomic E-state index is 0.109. The molecule has 1 aromatic carbocycles. The lowest BCUT2D eigenvalue weighted by molar-refractivity contribution is -0.136. The molecule has 1 amide bonds. The van der Waals surface area contributed by atoms with Crippen LogP contribution in [0, 0.1) is 5.92 Å². The van der Waals surface area contributed by atoms with Gasteiger partial charge in [0.05, 0.1) is 24.5 Å². The second-order valence-corrected chi connectivity index (χ2v) is 6.89. The number of aromatic nitrogens is 2. The van der Waals surface area contributed by atoms with E-state index in [2.05, 4.69) is 17.3 Å². The van der Waals surface area contributed by atoms with Crippen LogP contribution in [-0.2, 0) is 24.3 Å². The second kappa shape index (κ2) is 6.84. The molecule has 0 radical (unpaired) electrons. The van der Waals surface area contributed by atoms with Crippen molar-refractivity contribution in [1.82, 2.24) is 14.7 Å². The number of hydrogen-bond acceptors (Lipinski definition) is 3. The van der Waals surface area contributed by atoms with Gasteiger partial charge in [-0.15, -0.1) is 0 Å². The average molecular weight is 337 g/mol. The minimum atomic E-state index is -0.622. The first kappa shape index (κ1) is 16.1. The molecule has 0 spiro atoms. The van der Waals surface area contributed by atoms with Crippen LogP contribution in [0.2, 0.25) is 0 Å². The quantitative estimate of drug-likeness (QED) is 0.872. The second-order valence-electron chi connectivity index (χ2n) is 6.89. The molecule has 0 saturated carbocycles. The summed E-state index contributed by atoms with van der Waals surface area (Å²) in [6.07, 6.45) is 5.83. The molecule has 0 bridgehead atoms. The smallest absolute Gasteiger partial charge is 0.226 e. The lowest BCUT2D eigenvalue weighted by atomic mass is 10.0. The lowest BCUT2D eigenvalue weighted by Crippen LogP contribution is -2.41. The Balaban J connectivity index is 1.44. The zero-order valence-electron chi connectivity index (χ0n) is 14.2. The van der Waals surface area contributed by atoms with E-state index in [4.69, 9.17) is 0 Å². The fraction of sp³-hybridized carbons (Fsp3) is 0.400. The number of rotatable bonds is 4. The van der Waals surface area contributed by atoms with Crippen LogP contribution < -0.4 is 0 Å². The summed E-state index contributed by atoms with van der Waals surface area (Å²) < 4.78 is 1.93. The predicted octanol–water partition coefficient (Wildman–Crippen LogP) is 2.47. The van der Waals surface area contributed by atoms with Gasteiger partial charge < -0.3 is 10.0 Å². The van der Waals surface area contributed by atoms with Crippen LogP contribution in [0.1, 0.15) is 35.9 Å². The van der Waals surface area contributed by atoms with Crippen LogP contribution >= 0.6 is 0 Å². The molecule has 1 aliphatic heterocycles. The maximum Gasteiger partial charge on any atom is 0.226 e. The highest BCUT2D eigenvalue weighted by atomic mass is 16.3. The van der Waals surface area contributed by atoms with Crippen molar-refractivity contribution in [2.75, 3.05) is 6.54 Å². The van der Waals surface area contributed by atoms with Gasteiger partial charge in [0, 0.05) is 18.9 Å². The monoisotopic (exact) mass is 337 g/mol. The number of fused-ring (bicyclic) bond motifs is 1. The van der Waals surface area contributed by atoms with E-state index in [-0.39, 0.29) is 11.8 Å². The molecule has 0 fully saturated rings. The molecular formula is C20H23N3O2. The molecule has 130 valence electrons. The van der Waals surface area contributed by atoms with Gasteiger partial charge in [0.2, 0.25) is 5.91 Å². The maximum atomic E-state index is 12.6. The topological polar surface area (TPSA) is 58.4 Å². The highest BCUT2D eigenvalue weighted by Gasteiger charge is 2.29. The zero-order valence-corrected chi connectivity index (χ0v) is 14.2. The van der Waals surface area contributed by atoms with Crippen LogP contribution in [0.5, 0.6) is 0 Å². The molecule has 1 N–H and O–H groups in total. The van der Waals surface area contributed by atoms with Crippen molar-refractivity contribution in [3.05, 3.63) is 65.5 Å². The normalized spacial score (nSPS) is 18.4. The molecule has 5 nitrogen and oxygen atoms in total. The number of nitrogens with zero attached hydrogens (tertiary/aromatic N) is 3. The summed E-state index contributed by atoms with van der Waals surface area (Å²) in [4.78, 5) is 14.5. The van der Waals surface area contributed by atoms with Gasteiger partial charge in [0.25, 0.3) is 0 Å². The first-order chi connectivity index (χ1) is 12.2. The highest BCUT2D eigenvalue weighted by Crippen LogP contribution is 2.25. The zero-order chi connectivity index (χ0) is 17.2. The number of allylic oxidation sites excluding steroid dienone is 2. The third-order valence-corrected chi connectivity index (χ3v) is 5.10. The van der Waals surface area contributed by atoms with Crippen molar-refractivity contribution in [3.63, 3.8) is 0 Å². The fourth-order valence-electron chi connectivity index (χ4n) is 3.66. The van der Waals surface area contributed by atoms with E-state index >= 15 is 0 Å². The fourth-order valence-corrected chi connectivity index (χ4v) is 3.66. The largest absolute Gasteiger partial charge is 0.386 e. The first-order valence-corrected chi connectivity index (χ1v) is 8.93. The molecule has 5 heteroatoms. The SMILES string of the molecule is O=C(C1CC=CC1)N1CCn2nc(C(O)Cc3ccccc3)cc2C1. The number of carbonyl (C=O) groups excluding carboxylic acids is 1. The molecule has 0 saturated heterocycles. The molecular weight excluding hydrogens is 314 g/mol. The van der Waals surface area contributed by atoms with Gasteiger partial charge in [-0.2, -0.15) is 5.10 Å². The van der Waals surface area contributed by atoms with Crippen molar-refractivity contribution in [3.8, 4) is 0 Å². The van der Waals surface area contributed by atoms with E-state index in [1.54, 1.807) is 0 Å². The molecule has 2 aromatic rings. The van der Waals surface area contributed by atoms with Crippen LogP contribution in [0.4, 0.5) is 0 Å². The van der Waals surface area contributed by atoms with E-state index in [1.165, 1.54) is 0 Å². The predicted molar refractivity (Wildman–Crippen MR) is 94.6 cm³/mol. The van der Waals surface area contributed by atoms with E-state index < -0.39 is 6.10 Å². The summed E-state index contributed by atoms with van der Waals surface area (Å²) in [7, 11) is 0. The van der Waals surface area contributed by atoms with Gasteiger partial charge >= 0.3 is 0 Å². The molecule has 1 unspecified atom stereocenters. The molecule has 1 aliphatic carbocycles. The highest BCUT2D eigenvalue weighted by molar-refractivity contribution is 5.79. The Kier molecular flexibility index (Phi) is 4.40. The number of aliphatic hydroxyl groups is 1. The minimum Gasteiger partial charge on any atom is -0.386 e. The van der Waals surface area contributed by atoms with Crippen LogP contribution in [0.3, 0.4) is 0 Å². The molecule has 2 heterocycles. The third kappa shape index (κ3) is 3.37. The molecule has 1 atom stereocenters. The van der Waals surface area contributed by atoms with E-state index in [0.717, 1.165) is 24.1 Å². The summed E-state index contributed by atoms with van der Waals surface area (Å²) in [5, 5.41) is 15.1. The molecule has 25 heavy (non-hydrogen) atoms. The van der Waals surface area contributed by atoms with Gasteiger partial charge in [-0.3, -0.25) is 9.48 Å². The Labute approximate surface area is 147 Å². The molecule has 2 aliphatic rings. The van der Waals surface area contributed by atoms with Crippen molar-refractivity contribution >= 4 is 5.91 Å². The van der Waals surface area contributed by atoms with Crippen LogP contribution in [0.25, 0.3) is 0 Å². The molecule has 4 rings (SSSR count). The number of aliphatic hydroxyl groups excluding tert-OH is 1. The number of hydrogen-bond donors (Lipinski definition) is 1. The summed E-state index contributed by atoms with van der Waals surface area (Å²) >= 11 is 0. The Morgan fingerprint density at radius 3 is 2.72 bits per heavy atom. The van der Waals surface area contributed by atoms with Gasteiger partial charge in [-0.25, -0.2) is 0 Å². The van der Waals surface area contributed by atoms with Crippen molar-refractivity contribution in [2.24, 2.45) is 5.92 Å². The lowest BCUT2D eigenvalue weighted by Gasteiger charge is -2.29. The first-order valence-electron chi connectivity index (χ1n) is 8.93. The van der Waals surface area contributed by atoms with Crippen molar-refractivity contribution < 1.29 is 9.90 Å².